The molecule has 0 unspecified atom stereocenters. The lowest BCUT2D eigenvalue weighted by Crippen LogP contribution is -2.35. The van der Waals surface area contributed by atoms with Crippen molar-refractivity contribution in [3.05, 3.63) is 29.8 Å². The van der Waals surface area contributed by atoms with Gasteiger partial charge in [-0.05, 0) is 50.2 Å². The van der Waals surface area contributed by atoms with Gasteiger partial charge in [0.2, 0.25) is 10.0 Å². The van der Waals surface area contributed by atoms with Crippen molar-refractivity contribution >= 4 is 15.9 Å². The summed E-state index contributed by atoms with van der Waals surface area (Å²) in [5.74, 6) is 2.02. The van der Waals surface area contributed by atoms with Gasteiger partial charge in [0.05, 0.1) is 11.4 Å². The van der Waals surface area contributed by atoms with Gasteiger partial charge in [0.1, 0.15) is 0 Å². The summed E-state index contributed by atoms with van der Waals surface area (Å²) in [5.41, 5.74) is 0.437. The monoisotopic (exact) mass is 363 g/mol. The van der Waals surface area contributed by atoms with Crippen LogP contribution in [-0.4, -0.2) is 51.9 Å². The van der Waals surface area contributed by atoms with Crippen LogP contribution in [0.15, 0.2) is 29.2 Å². The Morgan fingerprint density at radius 2 is 1.76 bits per heavy atom. The molecule has 1 aromatic carbocycles. The van der Waals surface area contributed by atoms with Gasteiger partial charge in [0, 0.05) is 18.7 Å². The SMILES string of the molecule is C#CCNS(=O)(=O)c1ccc(C(=O)NCCN2CCCCCC2)cc1. The van der Waals surface area contributed by atoms with Crippen molar-refractivity contribution in [2.45, 2.75) is 30.6 Å². The second-order valence-electron chi connectivity index (χ2n) is 6.06. The molecule has 1 aliphatic rings. The normalized spacial score (nSPS) is 16.0. The molecule has 7 heteroatoms. The number of amides is 1. The smallest absolute Gasteiger partial charge is 0.251 e. The summed E-state index contributed by atoms with van der Waals surface area (Å²) in [5, 5.41) is 2.89. The van der Waals surface area contributed by atoms with Gasteiger partial charge < -0.3 is 10.2 Å². The molecule has 1 saturated heterocycles. The minimum Gasteiger partial charge on any atom is -0.351 e. The minimum atomic E-state index is -3.63. The molecule has 0 saturated carbocycles. The van der Waals surface area contributed by atoms with Crippen molar-refractivity contribution in [3.63, 3.8) is 0 Å². The average Bonchev–Trinajstić information content (AvgIpc) is 2.89. The highest BCUT2D eigenvalue weighted by atomic mass is 32.2. The summed E-state index contributed by atoms with van der Waals surface area (Å²) >= 11 is 0. The van der Waals surface area contributed by atoms with Crippen LogP contribution in [0.3, 0.4) is 0 Å². The third kappa shape index (κ3) is 6.16. The topological polar surface area (TPSA) is 78.5 Å². The summed E-state index contributed by atoms with van der Waals surface area (Å²) in [7, 11) is -3.63. The number of benzene rings is 1. The fourth-order valence-corrected chi connectivity index (χ4v) is 3.73. The molecule has 1 heterocycles. The third-order valence-electron chi connectivity index (χ3n) is 4.20. The lowest BCUT2D eigenvalue weighted by molar-refractivity contribution is 0.0948. The lowest BCUT2D eigenvalue weighted by atomic mass is 10.2. The molecule has 0 radical (unpaired) electrons. The molecule has 2 N–H and O–H groups in total. The fraction of sp³-hybridized carbons (Fsp3) is 0.500. The average molecular weight is 363 g/mol. The van der Waals surface area contributed by atoms with E-state index in [1.165, 1.54) is 49.9 Å². The Kier molecular flexibility index (Phi) is 7.44. The number of hydrogen-bond donors (Lipinski definition) is 2. The van der Waals surface area contributed by atoms with Crippen LogP contribution in [0.5, 0.6) is 0 Å². The number of nitrogens with zero attached hydrogens (tertiary/aromatic N) is 1. The van der Waals surface area contributed by atoms with Crippen LogP contribution >= 0.6 is 0 Å². The molecule has 1 aliphatic heterocycles. The van der Waals surface area contributed by atoms with Crippen LogP contribution in [0.25, 0.3) is 0 Å². The molecule has 2 rings (SSSR count). The third-order valence-corrected chi connectivity index (χ3v) is 5.62. The van der Waals surface area contributed by atoms with E-state index in [0.29, 0.717) is 12.1 Å². The van der Waals surface area contributed by atoms with E-state index in [1.807, 2.05) is 0 Å². The number of nitrogens with one attached hydrogen (secondary N) is 2. The van der Waals surface area contributed by atoms with Gasteiger partial charge in [-0.3, -0.25) is 4.79 Å². The van der Waals surface area contributed by atoms with Gasteiger partial charge >= 0.3 is 0 Å². The zero-order chi connectivity index (χ0) is 18.1. The van der Waals surface area contributed by atoms with Gasteiger partial charge in [0.15, 0.2) is 0 Å². The second-order valence-corrected chi connectivity index (χ2v) is 7.83. The zero-order valence-corrected chi connectivity index (χ0v) is 15.1. The van der Waals surface area contributed by atoms with Gasteiger partial charge in [-0.15, -0.1) is 6.42 Å². The number of hydrogen-bond acceptors (Lipinski definition) is 4. The maximum Gasteiger partial charge on any atom is 0.251 e. The van der Waals surface area contributed by atoms with E-state index in [2.05, 4.69) is 20.9 Å². The first-order chi connectivity index (χ1) is 12.0. The van der Waals surface area contributed by atoms with Crippen molar-refractivity contribution in [2.75, 3.05) is 32.7 Å². The molecule has 1 amide bonds. The lowest BCUT2D eigenvalue weighted by Gasteiger charge is -2.19. The fourth-order valence-electron chi connectivity index (χ4n) is 2.79. The van der Waals surface area contributed by atoms with Crippen molar-refractivity contribution in [2.24, 2.45) is 0 Å². The highest BCUT2D eigenvalue weighted by molar-refractivity contribution is 7.89. The Balaban J connectivity index is 1.84. The molecular weight excluding hydrogens is 338 g/mol. The molecule has 1 aromatic rings. The van der Waals surface area contributed by atoms with Crippen molar-refractivity contribution in [1.82, 2.24) is 14.9 Å². The molecule has 1 fully saturated rings. The largest absolute Gasteiger partial charge is 0.351 e. The Morgan fingerprint density at radius 1 is 1.12 bits per heavy atom. The number of likely N-dealkylation sites (tertiary alicyclic amines) is 1. The molecule has 6 nitrogen and oxygen atoms in total. The maximum atomic E-state index is 12.2. The number of terminal acetylenes is 1. The molecule has 0 aliphatic carbocycles. The van der Waals surface area contributed by atoms with E-state index in [0.717, 1.165) is 19.6 Å². The van der Waals surface area contributed by atoms with E-state index in [-0.39, 0.29) is 17.3 Å². The zero-order valence-electron chi connectivity index (χ0n) is 14.3. The molecule has 0 bridgehead atoms. The first-order valence-electron chi connectivity index (χ1n) is 8.57. The molecule has 25 heavy (non-hydrogen) atoms. The number of sulfonamides is 1. The molecular formula is C18H25N3O3S. The summed E-state index contributed by atoms with van der Waals surface area (Å²) < 4.78 is 26.1. The Bertz CT molecular complexity index is 700. The van der Waals surface area contributed by atoms with Crippen molar-refractivity contribution in [1.29, 1.82) is 0 Å². The standard InChI is InChI=1S/C18H25N3O3S/c1-2-11-20-25(23,24)17-9-7-16(8-10-17)18(22)19-12-15-21-13-5-3-4-6-14-21/h1,7-10,20H,3-6,11-15H2,(H,19,22). The first kappa shape index (κ1) is 19.4. The highest BCUT2D eigenvalue weighted by Crippen LogP contribution is 2.11. The van der Waals surface area contributed by atoms with Gasteiger partial charge in [-0.2, -0.15) is 4.72 Å². The van der Waals surface area contributed by atoms with E-state index in [9.17, 15) is 13.2 Å². The van der Waals surface area contributed by atoms with Crippen LogP contribution < -0.4 is 10.0 Å². The van der Waals surface area contributed by atoms with Crippen molar-refractivity contribution in [3.8, 4) is 12.3 Å². The summed E-state index contributed by atoms with van der Waals surface area (Å²) in [6.07, 6.45) is 10.1. The second kappa shape index (κ2) is 9.56. The van der Waals surface area contributed by atoms with E-state index in [1.54, 1.807) is 0 Å². The van der Waals surface area contributed by atoms with Crippen LogP contribution in [0.4, 0.5) is 0 Å². The van der Waals surface area contributed by atoms with Gasteiger partial charge in [0.25, 0.3) is 5.91 Å². The molecule has 0 aromatic heterocycles. The van der Waals surface area contributed by atoms with E-state index >= 15 is 0 Å². The number of carbonyl (C=O) groups is 1. The Morgan fingerprint density at radius 3 is 2.36 bits per heavy atom. The van der Waals surface area contributed by atoms with Crippen molar-refractivity contribution < 1.29 is 13.2 Å². The van der Waals surface area contributed by atoms with E-state index in [4.69, 9.17) is 6.42 Å². The number of rotatable bonds is 7. The van der Waals surface area contributed by atoms with Crippen LogP contribution in [0, 0.1) is 12.3 Å². The Labute approximate surface area is 150 Å². The highest BCUT2D eigenvalue weighted by Gasteiger charge is 2.14. The summed E-state index contributed by atoms with van der Waals surface area (Å²) in [6.45, 7) is 3.54. The molecule has 0 spiro atoms. The predicted octanol–water partition coefficient (Wildman–Crippen LogP) is 1.20. The van der Waals surface area contributed by atoms with Gasteiger partial charge in [-0.25, -0.2) is 8.42 Å². The van der Waals surface area contributed by atoms with Crippen LogP contribution in [0.2, 0.25) is 0 Å². The quantitative estimate of drug-likeness (QED) is 0.714. The first-order valence-corrected chi connectivity index (χ1v) is 10.0. The minimum absolute atomic E-state index is 0.0684. The summed E-state index contributed by atoms with van der Waals surface area (Å²) in [4.78, 5) is 14.6. The predicted molar refractivity (Wildman–Crippen MR) is 97.7 cm³/mol. The molecule has 136 valence electrons. The molecule has 0 atom stereocenters. The maximum absolute atomic E-state index is 12.2. The summed E-state index contributed by atoms with van der Waals surface area (Å²) in [6, 6.07) is 5.82. The van der Waals surface area contributed by atoms with E-state index < -0.39 is 10.0 Å². The number of carbonyl (C=O) groups excluding carboxylic acids is 1. The van der Waals surface area contributed by atoms with Crippen LogP contribution in [0.1, 0.15) is 36.0 Å². The van der Waals surface area contributed by atoms with Crippen LogP contribution in [-0.2, 0) is 10.0 Å². The van der Waals surface area contributed by atoms with Gasteiger partial charge in [-0.1, -0.05) is 18.8 Å². The Hall–Kier alpha value is -1.88.